The van der Waals surface area contributed by atoms with E-state index in [1.165, 1.54) is 0 Å². The fraction of sp³-hybridized carbons (Fsp3) is 0.458. The van der Waals surface area contributed by atoms with Crippen molar-refractivity contribution in [3.8, 4) is 23.0 Å². The summed E-state index contributed by atoms with van der Waals surface area (Å²) in [6.07, 6.45) is 1.99. The minimum absolute atomic E-state index is 0.0102. The van der Waals surface area contributed by atoms with Gasteiger partial charge in [0.05, 0.1) is 13.2 Å². The number of hydrogen-bond acceptors (Lipinski definition) is 6. The number of rotatable bonds is 7. The summed E-state index contributed by atoms with van der Waals surface area (Å²) in [4.78, 5) is 15.5. The predicted octanol–water partition coefficient (Wildman–Crippen LogP) is 4.31. The van der Waals surface area contributed by atoms with E-state index < -0.39 is 0 Å². The highest BCUT2D eigenvalue weighted by Crippen LogP contribution is 2.42. The first-order chi connectivity index (χ1) is 14.5. The third kappa shape index (κ3) is 4.54. The fourth-order valence-corrected chi connectivity index (χ4v) is 4.18. The van der Waals surface area contributed by atoms with Crippen molar-refractivity contribution in [2.75, 3.05) is 27.0 Å². The number of benzene rings is 2. The Morgan fingerprint density at radius 2 is 2.10 bits per heavy atom. The summed E-state index contributed by atoms with van der Waals surface area (Å²) in [6.45, 7) is 6.64. The Labute approximate surface area is 177 Å². The first kappa shape index (κ1) is 20.5. The van der Waals surface area contributed by atoms with Gasteiger partial charge < -0.3 is 18.9 Å². The van der Waals surface area contributed by atoms with E-state index in [4.69, 9.17) is 18.9 Å². The molecule has 1 atom stereocenters. The van der Waals surface area contributed by atoms with E-state index in [1.54, 1.807) is 7.11 Å². The molecular weight excluding hydrogens is 382 g/mol. The summed E-state index contributed by atoms with van der Waals surface area (Å²) in [5.41, 5.74) is 1.82. The average molecular weight is 411 g/mol. The molecule has 6 nitrogen and oxygen atoms in total. The number of carbonyl (C=O) groups excluding carboxylic acids is 1. The van der Waals surface area contributed by atoms with Crippen molar-refractivity contribution in [2.45, 2.75) is 39.3 Å². The maximum atomic E-state index is 13.2. The lowest BCUT2D eigenvalue weighted by Gasteiger charge is -2.32. The van der Waals surface area contributed by atoms with E-state index in [0.29, 0.717) is 11.5 Å². The first-order valence-electron chi connectivity index (χ1n) is 10.5. The summed E-state index contributed by atoms with van der Waals surface area (Å²) in [7, 11) is 1.63. The largest absolute Gasteiger partial charge is 0.493 e. The number of likely N-dealkylation sites (tertiary alicyclic amines) is 1. The van der Waals surface area contributed by atoms with Crippen LogP contribution in [0.25, 0.3) is 0 Å². The minimum atomic E-state index is -0.0102. The van der Waals surface area contributed by atoms with Crippen molar-refractivity contribution in [1.29, 1.82) is 0 Å². The summed E-state index contributed by atoms with van der Waals surface area (Å²) >= 11 is 0. The van der Waals surface area contributed by atoms with Gasteiger partial charge in [-0.3, -0.25) is 9.69 Å². The lowest BCUT2D eigenvalue weighted by Crippen LogP contribution is -2.38. The van der Waals surface area contributed by atoms with Crippen LogP contribution >= 0.6 is 0 Å². The van der Waals surface area contributed by atoms with Crippen LogP contribution in [-0.4, -0.2) is 43.8 Å². The number of nitrogens with zero attached hydrogens (tertiary/aromatic N) is 1. The van der Waals surface area contributed by atoms with Crippen LogP contribution in [0.1, 0.15) is 42.6 Å². The number of piperidine rings is 1. The van der Waals surface area contributed by atoms with E-state index in [0.717, 1.165) is 55.1 Å². The molecule has 0 saturated carbocycles. The highest BCUT2D eigenvalue weighted by atomic mass is 16.7. The van der Waals surface area contributed by atoms with Crippen molar-refractivity contribution in [3.63, 3.8) is 0 Å². The number of ketones is 1. The molecule has 1 saturated heterocycles. The first-order valence-corrected chi connectivity index (χ1v) is 10.5. The minimum Gasteiger partial charge on any atom is -0.493 e. The molecule has 2 aliphatic rings. The molecule has 2 aromatic carbocycles. The Bertz CT molecular complexity index is 910. The molecule has 0 aromatic heterocycles. The van der Waals surface area contributed by atoms with Gasteiger partial charge in [-0.2, -0.15) is 0 Å². The fourth-order valence-electron chi connectivity index (χ4n) is 4.18. The standard InChI is InChI=1S/C24H29NO5/c1-16(2)30-20-8-4-6-18(12-20)23(26)19-7-5-9-25(14-19)13-17-10-21(27-3)24-22(11-17)28-15-29-24/h4,6,8,10-12,16,19H,5,7,9,13-15H2,1-3H3/t19-/m0/s1. The van der Waals surface area contributed by atoms with Crippen molar-refractivity contribution >= 4 is 5.78 Å². The molecule has 0 bridgehead atoms. The quantitative estimate of drug-likeness (QED) is 0.633. The van der Waals surface area contributed by atoms with Gasteiger partial charge >= 0.3 is 0 Å². The van der Waals surface area contributed by atoms with Gasteiger partial charge in [0.15, 0.2) is 17.3 Å². The second kappa shape index (κ2) is 8.96. The van der Waals surface area contributed by atoms with Crippen molar-refractivity contribution in [1.82, 2.24) is 4.90 Å². The van der Waals surface area contributed by atoms with Gasteiger partial charge in [-0.1, -0.05) is 12.1 Å². The number of methoxy groups -OCH3 is 1. The highest BCUT2D eigenvalue weighted by molar-refractivity contribution is 5.98. The van der Waals surface area contributed by atoms with Crippen LogP contribution in [0, 0.1) is 5.92 Å². The van der Waals surface area contributed by atoms with Crippen LogP contribution in [0.4, 0.5) is 0 Å². The smallest absolute Gasteiger partial charge is 0.231 e. The van der Waals surface area contributed by atoms with Crippen LogP contribution in [0.5, 0.6) is 23.0 Å². The maximum absolute atomic E-state index is 13.2. The molecule has 2 heterocycles. The zero-order chi connectivity index (χ0) is 21.1. The molecule has 0 amide bonds. The van der Waals surface area contributed by atoms with E-state index in [1.807, 2.05) is 50.2 Å². The van der Waals surface area contributed by atoms with Crippen molar-refractivity contribution in [2.24, 2.45) is 5.92 Å². The Hall–Kier alpha value is -2.73. The Kier molecular flexibility index (Phi) is 6.13. The lowest BCUT2D eigenvalue weighted by atomic mass is 9.89. The van der Waals surface area contributed by atoms with Crippen LogP contribution < -0.4 is 18.9 Å². The molecular formula is C24H29NO5. The van der Waals surface area contributed by atoms with Crippen molar-refractivity contribution in [3.05, 3.63) is 47.5 Å². The van der Waals surface area contributed by atoms with E-state index in [9.17, 15) is 4.79 Å². The monoisotopic (exact) mass is 411 g/mol. The van der Waals surface area contributed by atoms with Gasteiger partial charge in [0.25, 0.3) is 0 Å². The molecule has 4 rings (SSSR count). The molecule has 30 heavy (non-hydrogen) atoms. The Morgan fingerprint density at radius 3 is 2.90 bits per heavy atom. The van der Waals surface area contributed by atoms with Gasteiger partial charge in [0, 0.05) is 24.6 Å². The Morgan fingerprint density at radius 1 is 1.23 bits per heavy atom. The molecule has 0 spiro atoms. The highest BCUT2D eigenvalue weighted by Gasteiger charge is 2.28. The van der Waals surface area contributed by atoms with Crippen molar-refractivity contribution < 1.29 is 23.7 Å². The Balaban J connectivity index is 1.44. The van der Waals surface area contributed by atoms with Gasteiger partial charge in [-0.25, -0.2) is 0 Å². The number of hydrogen-bond donors (Lipinski definition) is 0. The van der Waals surface area contributed by atoms with E-state index in [-0.39, 0.29) is 24.6 Å². The predicted molar refractivity (Wildman–Crippen MR) is 114 cm³/mol. The molecule has 2 aromatic rings. The van der Waals surface area contributed by atoms with Crippen LogP contribution in [0.3, 0.4) is 0 Å². The molecule has 0 unspecified atom stereocenters. The van der Waals surface area contributed by atoms with Gasteiger partial charge in [0.1, 0.15) is 5.75 Å². The van der Waals surface area contributed by atoms with Crippen LogP contribution in [-0.2, 0) is 6.54 Å². The molecule has 160 valence electrons. The zero-order valence-corrected chi connectivity index (χ0v) is 17.8. The summed E-state index contributed by atoms with van der Waals surface area (Å²) in [6, 6.07) is 11.5. The van der Waals surface area contributed by atoms with Crippen LogP contribution in [0.2, 0.25) is 0 Å². The van der Waals surface area contributed by atoms with Crippen LogP contribution in [0.15, 0.2) is 36.4 Å². The normalized spacial score (nSPS) is 18.5. The number of ether oxygens (including phenoxy) is 4. The summed E-state index contributed by atoms with van der Waals surface area (Å²) < 4.78 is 22.2. The third-order valence-electron chi connectivity index (χ3n) is 5.49. The zero-order valence-electron chi connectivity index (χ0n) is 17.8. The average Bonchev–Trinajstić information content (AvgIpc) is 3.21. The second-order valence-corrected chi connectivity index (χ2v) is 8.16. The van der Waals surface area contributed by atoms with E-state index >= 15 is 0 Å². The SMILES string of the molecule is COc1cc(CN2CCC[C@H](C(=O)c3cccc(OC(C)C)c3)C2)cc2c1OCO2. The van der Waals surface area contributed by atoms with Gasteiger partial charge in [-0.05, 0) is 63.1 Å². The van der Waals surface area contributed by atoms with E-state index in [2.05, 4.69) is 4.90 Å². The topological polar surface area (TPSA) is 57.2 Å². The number of Topliss-reactive ketones (excluding diaryl/α,β-unsaturated/α-hetero) is 1. The summed E-state index contributed by atoms with van der Waals surface area (Å²) in [5, 5.41) is 0. The lowest BCUT2D eigenvalue weighted by molar-refractivity contribution is 0.0810. The molecule has 6 heteroatoms. The molecule has 1 fully saturated rings. The molecule has 0 aliphatic carbocycles. The summed E-state index contributed by atoms with van der Waals surface area (Å²) in [5.74, 6) is 3.00. The number of fused-ring (bicyclic) bond motifs is 1. The third-order valence-corrected chi connectivity index (χ3v) is 5.49. The molecule has 0 radical (unpaired) electrons. The number of carbonyl (C=O) groups is 1. The van der Waals surface area contributed by atoms with Gasteiger partial charge in [-0.15, -0.1) is 0 Å². The molecule has 0 N–H and O–H groups in total. The maximum Gasteiger partial charge on any atom is 0.231 e. The second-order valence-electron chi connectivity index (χ2n) is 8.16. The molecule has 2 aliphatic heterocycles. The van der Waals surface area contributed by atoms with Gasteiger partial charge in [0.2, 0.25) is 12.5 Å².